The number of hydrogen-bond acceptors (Lipinski definition) is 3. The molecule has 0 aliphatic carbocycles. The van der Waals surface area contributed by atoms with Crippen LogP contribution in [0.1, 0.15) is 24.0 Å². The molecule has 1 amide bonds. The summed E-state index contributed by atoms with van der Waals surface area (Å²) in [6.45, 7) is 0.859. The Balaban J connectivity index is 1.70. The zero-order valence-corrected chi connectivity index (χ0v) is 19.1. The van der Waals surface area contributed by atoms with Gasteiger partial charge in [-0.05, 0) is 0 Å². The van der Waals surface area contributed by atoms with Crippen LogP contribution in [-0.2, 0) is 10.4 Å². The molecule has 1 saturated heterocycles. The fourth-order valence-electron chi connectivity index (χ4n) is 4.10. The maximum atomic E-state index is 13.1. The van der Waals surface area contributed by atoms with Crippen molar-refractivity contribution in [1.29, 1.82) is 0 Å². The average Bonchev–Trinajstić information content (AvgIpc) is 3.38. The predicted octanol–water partition coefficient (Wildman–Crippen LogP) is 2.61. The van der Waals surface area contributed by atoms with Crippen LogP contribution < -0.4 is 15.1 Å². The van der Waals surface area contributed by atoms with Gasteiger partial charge in [0.1, 0.15) is 0 Å². The van der Waals surface area contributed by atoms with E-state index in [0.29, 0.717) is 5.32 Å². The Hall–Kier alpha value is -2.43. The monoisotopic (exact) mass is 480 g/mol. The fraction of sp³-hybridized carbons (Fsp3) is 0.269. The van der Waals surface area contributed by atoms with Crippen LogP contribution in [0.2, 0.25) is 5.32 Å². The standard InChI is InChI=1S/C26H28N2O2Se/c29-25(23-17-10-18-27-23)28-24(19-31-22-15-8-3-9-16-22)26(30,20-11-4-1-5-12-20)21-13-6-2-7-14-21/h1-9,11-16,23-24,27,30H,10,17-19H2,(H,28,29)/t23-,24-/m0/s1. The molecule has 1 aliphatic rings. The summed E-state index contributed by atoms with van der Waals surface area (Å²) >= 11 is 0.0971. The van der Waals surface area contributed by atoms with Gasteiger partial charge in [0, 0.05) is 0 Å². The molecule has 4 rings (SSSR count). The second kappa shape index (κ2) is 10.3. The molecule has 0 bridgehead atoms. The molecule has 2 atom stereocenters. The fourth-order valence-corrected chi connectivity index (χ4v) is 6.26. The van der Waals surface area contributed by atoms with E-state index in [0.717, 1.165) is 30.5 Å². The Kier molecular flexibility index (Phi) is 7.21. The van der Waals surface area contributed by atoms with E-state index in [1.165, 1.54) is 4.46 Å². The molecule has 1 heterocycles. The molecule has 0 unspecified atom stereocenters. The maximum absolute atomic E-state index is 13.1. The van der Waals surface area contributed by atoms with Crippen LogP contribution in [0.4, 0.5) is 0 Å². The molecule has 5 heteroatoms. The van der Waals surface area contributed by atoms with Crippen molar-refractivity contribution in [3.8, 4) is 0 Å². The van der Waals surface area contributed by atoms with E-state index in [9.17, 15) is 9.90 Å². The first-order valence-corrected chi connectivity index (χ1v) is 12.8. The topological polar surface area (TPSA) is 61.4 Å². The van der Waals surface area contributed by atoms with Gasteiger partial charge in [-0.2, -0.15) is 0 Å². The van der Waals surface area contributed by atoms with Crippen molar-refractivity contribution in [3.05, 3.63) is 102 Å². The first-order chi connectivity index (χ1) is 15.2. The van der Waals surface area contributed by atoms with Crippen LogP contribution in [-0.4, -0.2) is 44.6 Å². The van der Waals surface area contributed by atoms with E-state index < -0.39 is 11.6 Å². The molecular weight excluding hydrogens is 451 g/mol. The summed E-state index contributed by atoms with van der Waals surface area (Å²) in [6.07, 6.45) is 1.83. The zero-order valence-electron chi connectivity index (χ0n) is 17.4. The summed E-state index contributed by atoms with van der Waals surface area (Å²) in [5.41, 5.74) is 0.248. The summed E-state index contributed by atoms with van der Waals surface area (Å²) in [5.74, 6) is -0.0309. The van der Waals surface area contributed by atoms with Gasteiger partial charge in [-0.3, -0.25) is 0 Å². The van der Waals surface area contributed by atoms with E-state index >= 15 is 0 Å². The van der Waals surface area contributed by atoms with Crippen LogP contribution >= 0.6 is 0 Å². The van der Waals surface area contributed by atoms with Gasteiger partial charge in [-0.1, -0.05) is 0 Å². The Morgan fingerprint density at radius 1 is 0.968 bits per heavy atom. The molecule has 31 heavy (non-hydrogen) atoms. The SMILES string of the molecule is O=C(N[C@@H](C[Se]c1ccccc1)C(O)(c1ccccc1)c1ccccc1)[C@@H]1CCCN1. The number of amides is 1. The first-order valence-electron chi connectivity index (χ1n) is 10.7. The number of carbonyl (C=O) groups excluding carboxylic acids is 1. The summed E-state index contributed by atoms with van der Waals surface area (Å²) in [4.78, 5) is 13.1. The predicted molar refractivity (Wildman–Crippen MR) is 125 cm³/mol. The van der Waals surface area contributed by atoms with Crippen LogP contribution in [0, 0.1) is 0 Å². The van der Waals surface area contributed by atoms with Crippen molar-refractivity contribution in [2.45, 2.75) is 35.8 Å². The summed E-state index contributed by atoms with van der Waals surface area (Å²) in [7, 11) is 0. The third kappa shape index (κ3) is 5.08. The molecule has 160 valence electrons. The van der Waals surface area contributed by atoms with E-state index in [-0.39, 0.29) is 26.9 Å². The Labute approximate surface area is 190 Å². The van der Waals surface area contributed by atoms with Crippen molar-refractivity contribution < 1.29 is 9.90 Å². The molecule has 1 fully saturated rings. The minimum atomic E-state index is -1.33. The molecule has 3 aromatic rings. The molecule has 3 N–H and O–H groups in total. The van der Waals surface area contributed by atoms with Gasteiger partial charge >= 0.3 is 190 Å². The van der Waals surface area contributed by atoms with Crippen LogP contribution in [0.3, 0.4) is 0 Å². The molecule has 0 radical (unpaired) electrons. The number of rotatable bonds is 8. The number of carbonyl (C=O) groups is 1. The first kappa shape index (κ1) is 21.8. The van der Waals surface area contributed by atoms with E-state index in [1.807, 2.05) is 78.9 Å². The summed E-state index contributed by atoms with van der Waals surface area (Å²) < 4.78 is 1.25. The van der Waals surface area contributed by atoms with E-state index in [1.54, 1.807) is 0 Å². The molecule has 4 nitrogen and oxygen atoms in total. The van der Waals surface area contributed by atoms with Crippen LogP contribution in [0.15, 0.2) is 91.0 Å². The van der Waals surface area contributed by atoms with Crippen molar-refractivity contribution in [1.82, 2.24) is 10.6 Å². The number of nitrogens with one attached hydrogen (secondary N) is 2. The van der Waals surface area contributed by atoms with Gasteiger partial charge in [0.05, 0.1) is 0 Å². The van der Waals surface area contributed by atoms with Crippen LogP contribution in [0.5, 0.6) is 0 Å². The van der Waals surface area contributed by atoms with Gasteiger partial charge in [-0.15, -0.1) is 0 Å². The molecule has 0 spiro atoms. The Bertz CT molecular complexity index is 921. The molecular formula is C26H28N2O2Se. The number of benzene rings is 3. The second-order valence-electron chi connectivity index (χ2n) is 7.83. The number of aliphatic hydroxyl groups is 1. The third-order valence-corrected chi connectivity index (χ3v) is 8.10. The Morgan fingerprint density at radius 3 is 2.03 bits per heavy atom. The summed E-state index contributed by atoms with van der Waals surface area (Å²) in [6, 6.07) is 29.0. The molecule has 0 saturated carbocycles. The van der Waals surface area contributed by atoms with Gasteiger partial charge in [0.2, 0.25) is 0 Å². The van der Waals surface area contributed by atoms with Gasteiger partial charge < -0.3 is 0 Å². The van der Waals surface area contributed by atoms with Gasteiger partial charge in [-0.25, -0.2) is 0 Å². The van der Waals surface area contributed by atoms with Gasteiger partial charge in [0.25, 0.3) is 0 Å². The number of hydrogen-bond donors (Lipinski definition) is 3. The Morgan fingerprint density at radius 2 is 1.52 bits per heavy atom. The minimum absolute atomic E-state index is 0.0309. The van der Waals surface area contributed by atoms with Crippen molar-refractivity contribution in [2.24, 2.45) is 0 Å². The van der Waals surface area contributed by atoms with E-state index in [4.69, 9.17) is 0 Å². The van der Waals surface area contributed by atoms with Gasteiger partial charge in [0.15, 0.2) is 0 Å². The van der Waals surface area contributed by atoms with Crippen LogP contribution in [0.25, 0.3) is 0 Å². The normalized spacial score (nSPS) is 17.3. The average molecular weight is 479 g/mol. The quantitative estimate of drug-likeness (QED) is 0.436. The third-order valence-electron chi connectivity index (χ3n) is 5.79. The van der Waals surface area contributed by atoms with Crippen molar-refractivity contribution in [3.63, 3.8) is 0 Å². The molecule has 1 aliphatic heterocycles. The molecule has 3 aromatic carbocycles. The second-order valence-corrected chi connectivity index (χ2v) is 10.1. The van der Waals surface area contributed by atoms with Crippen molar-refractivity contribution >= 4 is 25.3 Å². The zero-order chi connectivity index (χ0) is 21.5. The molecule has 0 aromatic heterocycles. The van der Waals surface area contributed by atoms with E-state index in [2.05, 4.69) is 22.8 Å². The van der Waals surface area contributed by atoms with Crippen molar-refractivity contribution in [2.75, 3.05) is 6.54 Å². The summed E-state index contributed by atoms with van der Waals surface area (Å²) in [5, 5.41) is 19.4.